The van der Waals surface area contributed by atoms with Gasteiger partial charge in [0.2, 0.25) is 0 Å². The fourth-order valence-corrected chi connectivity index (χ4v) is 1.83. The molecule has 0 bridgehead atoms. The van der Waals surface area contributed by atoms with E-state index in [4.69, 9.17) is 9.84 Å². The molecule has 20 heavy (non-hydrogen) atoms. The maximum Gasteiger partial charge on any atom is 0.337 e. The van der Waals surface area contributed by atoms with E-state index in [2.05, 4.69) is 6.58 Å². The number of aliphatic carboxylic acids is 1. The normalized spacial score (nSPS) is 14.4. The van der Waals surface area contributed by atoms with E-state index < -0.39 is 11.9 Å². The van der Waals surface area contributed by atoms with Crippen molar-refractivity contribution in [1.82, 2.24) is 4.90 Å². The number of carbonyl (C=O) groups excluding carboxylic acids is 1. The Morgan fingerprint density at radius 3 is 2.60 bits per heavy atom. The number of likely N-dealkylation sites (N-methyl/N-ethyl adjacent to an activating group) is 1. The minimum Gasteiger partial charge on any atom is -0.478 e. The van der Waals surface area contributed by atoms with E-state index in [-0.39, 0.29) is 5.57 Å². The number of esters is 1. The topological polar surface area (TPSA) is 66.8 Å². The number of hydrogen-bond donors (Lipinski definition) is 1. The molecular formula is C15H19NO4. The summed E-state index contributed by atoms with van der Waals surface area (Å²) < 4.78 is 4.72. The van der Waals surface area contributed by atoms with Crippen LogP contribution in [-0.4, -0.2) is 42.6 Å². The molecule has 1 aliphatic carbocycles. The molecule has 0 radical (unpaired) electrons. The SMILES string of the molecule is C=C(C(=O)O)C1=CCC=C(C(=O)OC)C=C1N(C)CC. The van der Waals surface area contributed by atoms with Crippen molar-refractivity contribution in [1.29, 1.82) is 0 Å². The predicted molar refractivity (Wildman–Crippen MR) is 76.0 cm³/mol. The molecule has 0 heterocycles. The highest BCUT2D eigenvalue weighted by Crippen LogP contribution is 2.26. The van der Waals surface area contributed by atoms with Crippen molar-refractivity contribution >= 4 is 11.9 Å². The van der Waals surface area contributed by atoms with E-state index in [1.165, 1.54) is 7.11 Å². The highest BCUT2D eigenvalue weighted by atomic mass is 16.5. The Morgan fingerprint density at radius 2 is 2.10 bits per heavy atom. The van der Waals surface area contributed by atoms with Crippen LogP contribution in [-0.2, 0) is 14.3 Å². The second-order valence-corrected chi connectivity index (χ2v) is 4.33. The average Bonchev–Trinajstić information content (AvgIpc) is 2.67. The van der Waals surface area contributed by atoms with Crippen molar-refractivity contribution in [3.05, 3.63) is 47.2 Å². The Labute approximate surface area is 118 Å². The van der Waals surface area contributed by atoms with Gasteiger partial charge in [-0.05, 0) is 19.4 Å². The number of nitrogens with zero attached hydrogens (tertiary/aromatic N) is 1. The number of hydrogen-bond acceptors (Lipinski definition) is 4. The zero-order chi connectivity index (χ0) is 15.3. The Balaban J connectivity index is 3.28. The van der Waals surface area contributed by atoms with Gasteiger partial charge in [0, 0.05) is 24.9 Å². The summed E-state index contributed by atoms with van der Waals surface area (Å²) in [5, 5.41) is 9.12. The van der Waals surface area contributed by atoms with Gasteiger partial charge in [-0.15, -0.1) is 0 Å². The Kier molecular flexibility index (Phi) is 5.32. The smallest absolute Gasteiger partial charge is 0.337 e. The molecule has 5 heteroatoms. The van der Waals surface area contributed by atoms with Gasteiger partial charge in [-0.2, -0.15) is 0 Å². The van der Waals surface area contributed by atoms with Gasteiger partial charge in [-0.3, -0.25) is 0 Å². The molecule has 5 nitrogen and oxygen atoms in total. The van der Waals surface area contributed by atoms with Crippen LogP contribution in [0, 0.1) is 0 Å². The quantitative estimate of drug-likeness (QED) is 0.614. The number of carboxylic acids is 1. The van der Waals surface area contributed by atoms with Crippen molar-refractivity contribution in [3.63, 3.8) is 0 Å². The van der Waals surface area contributed by atoms with Crippen LogP contribution < -0.4 is 0 Å². The number of allylic oxidation sites excluding steroid dienone is 3. The van der Waals surface area contributed by atoms with Crippen LogP contribution in [0.15, 0.2) is 47.2 Å². The molecule has 0 aromatic rings. The summed E-state index contributed by atoms with van der Waals surface area (Å²) in [4.78, 5) is 24.7. The van der Waals surface area contributed by atoms with Crippen LogP contribution in [0.2, 0.25) is 0 Å². The molecular weight excluding hydrogens is 258 g/mol. The molecule has 0 saturated heterocycles. The van der Waals surface area contributed by atoms with Crippen LogP contribution in [0.3, 0.4) is 0 Å². The van der Waals surface area contributed by atoms with Gasteiger partial charge in [0.15, 0.2) is 0 Å². The van der Waals surface area contributed by atoms with Gasteiger partial charge in [0.25, 0.3) is 0 Å². The molecule has 0 spiro atoms. The lowest BCUT2D eigenvalue weighted by Crippen LogP contribution is -2.21. The van der Waals surface area contributed by atoms with Gasteiger partial charge in [-0.25, -0.2) is 9.59 Å². The molecule has 0 amide bonds. The molecule has 0 atom stereocenters. The lowest BCUT2D eigenvalue weighted by molar-refractivity contribution is -0.135. The van der Waals surface area contributed by atoms with Crippen molar-refractivity contribution in [2.75, 3.05) is 20.7 Å². The predicted octanol–water partition coefficient (Wildman–Crippen LogP) is 1.89. The molecule has 0 fully saturated rings. The van der Waals surface area contributed by atoms with Crippen molar-refractivity contribution in [2.24, 2.45) is 0 Å². The van der Waals surface area contributed by atoms with E-state index in [0.29, 0.717) is 29.8 Å². The van der Waals surface area contributed by atoms with Crippen molar-refractivity contribution in [2.45, 2.75) is 13.3 Å². The maximum atomic E-state index is 11.7. The molecule has 108 valence electrons. The fraction of sp³-hybridized carbons (Fsp3) is 0.333. The minimum absolute atomic E-state index is 0.0102. The summed E-state index contributed by atoms with van der Waals surface area (Å²) in [6, 6.07) is 0. The van der Waals surface area contributed by atoms with Gasteiger partial charge < -0.3 is 14.7 Å². The molecule has 0 aromatic carbocycles. The van der Waals surface area contributed by atoms with E-state index in [1.807, 2.05) is 18.9 Å². The minimum atomic E-state index is -1.08. The van der Waals surface area contributed by atoms with Crippen LogP contribution in [0.5, 0.6) is 0 Å². The molecule has 0 unspecified atom stereocenters. The van der Waals surface area contributed by atoms with Crippen LogP contribution in [0.1, 0.15) is 13.3 Å². The number of carbonyl (C=O) groups is 2. The van der Waals surface area contributed by atoms with Crippen LogP contribution in [0.4, 0.5) is 0 Å². The number of rotatable bonds is 5. The largest absolute Gasteiger partial charge is 0.478 e. The van der Waals surface area contributed by atoms with Gasteiger partial charge in [0.1, 0.15) is 0 Å². The molecule has 1 rings (SSSR count). The average molecular weight is 277 g/mol. The summed E-state index contributed by atoms with van der Waals surface area (Å²) in [7, 11) is 3.14. The summed E-state index contributed by atoms with van der Waals surface area (Å²) in [5.74, 6) is -1.52. The third-order valence-corrected chi connectivity index (χ3v) is 3.12. The number of ether oxygens (including phenoxy) is 1. The van der Waals surface area contributed by atoms with E-state index >= 15 is 0 Å². The first-order valence-electron chi connectivity index (χ1n) is 6.26. The fourth-order valence-electron chi connectivity index (χ4n) is 1.83. The van der Waals surface area contributed by atoms with Crippen LogP contribution in [0.25, 0.3) is 0 Å². The third-order valence-electron chi connectivity index (χ3n) is 3.12. The monoisotopic (exact) mass is 277 g/mol. The molecule has 1 N–H and O–H groups in total. The molecule has 0 saturated carbocycles. The summed E-state index contributed by atoms with van der Waals surface area (Å²) in [6.07, 6.45) is 5.55. The molecule has 1 aliphatic rings. The van der Waals surface area contributed by atoms with Gasteiger partial charge in [0.05, 0.1) is 18.3 Å². The number of methoxy groups -OCH3 is 1. The lowest BCUT2D eigenvalue weighted by Gasteiger charge is -2.23. The Morgan fingerprint density at radius 1 is 1.45 bits per heavy atom. The summed E-state index contributed by atoms with van der Waals surface area (Å²) in [6.45, 7) is 6.21. The standard InChI is InChI=1S/C15H19NO4/c1-5-16(3)13-9-11(15(19)20-4)7-6-8-12(13)10(2)14(17)18/h7-9H,2,5-6H2,1,3-4H3,(H,17,18). The van der Waals surface area contributed by atoms with Crippen LogP contribution >= 0.6 is 0 Å². The Hall–Kier alpha value is -2.30. The zero-order valence-corrected chi connectivity index (χ0v) is 12.0. The highest BCUT2D eigenvalue weighted by molar-refractivity contribution is 5.95. The lowest BCUT2D eigenvalue weighted by atomic mass is 10.0. The van der Waals surface area contributed by atoms with Crippen molar-refractivity contribution < 1.29 is 19.4 Å². The van der Waals surface area contributed by atoms with E-state index in [0.717, 1.165) is 0 Å². The van der Waals surface area contributed by atoms with E-state index in [9.17, 15) is 9.59 Å². The maximum absolute atomic E-state index is 11.7. The summed E-state index contributed by atoms with van der Waals surface area (Å²) in [5.41, 5.74) is 1.59. The zero-order valence-electron chi connectivity index (χ0n) is 12.0. The van der Waals surface area contributed by atoms with E-state index in [1.54, 1.807) is 18.2 Å². The molecule has 0 aromatic heterocycles. The Bertz CT molecular complexity index is 526. The first-order chi connectivity index (χ1) is 9.42. The second-order valence-electron chi connectivity index (χ2n) is 4.33. The first-order valence-corrected chi connectivity index (χ1v) is 6.26. The molecule has 0 aliphatic heterocycles. The summed E-state index contributed by atoms with van der Waals surface area (Å²) >= 11 is 0. The second kappa shape index (κ2) is 6.75. The van der Waals surface area contributed by atoms with Crippen molar-refractivity contribution in [3.8, 4) is 0 Å². The van der Waals surface area contributed by atoms with Gasteiger partial charge in [-0.1, -0.05) is 18.7 Å². The first kappa shape index (κ1) is 15.8. The third kappa shape index (κ3) is 3.38. The number of carboxylic acid groups (broad SMARTS) is 1. The highest BCUT2D eigenvalue weighted by Gasteiger charge is 2.21. The van der Waals surface area contributed by atoms with Gasteiger partial charge >= 0.3 is 11.9 Å².